The smallest absolute Gasteiger partial charge is 0.412 e. The van der Waals surface area contributed by atoms with Crippen LogP contribution in [0.2, 0.25) is 5.02 Å². The van der Waals surface area contributed by atoms with Crippen molar-refractivity contribution in [3.05, 3.63) is 70.9 Å². The van der Waals surface area contributed by atoms with Crippen LogP contribution >= 0.6 is 11.6 Å². The van der Waals surface area contributed by atoms with Gasteiger partial charge < -0.3 is 9.26 Å². The first-order valence-electron chi connectivity index (χ1n) is 8.36. The predicted octanol–water partition coefficient (Wildman–Crippen LogP) is 5.87. The molecular formula is C20H19ClN2O3. The van der Waals surface area contributed by atoms with Crippen molar-refractivity contribution in [3.63, 3.8) is 0 Å². The van der Waals surface area contributed by atoms with Crippen molar-refractivity contribution in [2.24, 2.45) is 0 Å². The molecule has 0 aliphatic carbocycles. The molecule has 134 valence electrons. The molecule has 1 amide bonds. The third kappa shape index (κ3) is 3.89. The highest BCUT2D eigenvalue weighted by atomic mass is 35.5. The maximum Gasteiger partial charge on any atom is 0.412 e. The number of aromatic nitrogens is 1. The average molecular weight is 371 g/mol. The molecule has 26 heavy (non-hydrogen) atoms. The number of ether oxygens (including phenoxy) is 1. The molecule has 6 heteroatoms. The highest BCUT2D eigenvalue weighted by Gasteiger charge is 2.21. The molecule has 1 unspecified atom stereocenters. The second-order valence-electron chi connectivity index (χ2n) is 5.75. The van der Waals surface area contributed by atoms with Crippen molar-refractivity contribution >= 4 is 23.4 Å². The second kappa shape index (κ2) is 8.06. The minimum atomic E-state index is -0.590. The average Bonchev–Trinajstić information content (AvgIpc) is 3.05. The molecular weight excluding hydrogens is 352 g/mol. The number of anilines is 1. The number of rotatable bonds is 5. The molecule has 0 spiro atoms. The minimum Gasteiger partial charge on any atom is -0.441 e. The molecule has 0 bridgehead atoms. The molecule has 0 saturated carbocycles. The van der Waals surface area contributed by atoms with Gasteiger partial charge in [-0.05, 0) is 19.4 Å². The molecule has 3 aromatic rings. The molecule has 0 aliphatic rings. The highest BCUT2D eigenvalue weighted by Crippen LogP contribution is 2.32. The van der Waals surface area contributed by atoms with E-state index in [0.29, 0.717) is 28.6 Å². The zero-order valence-corrected chi connectivity index (χ0v) is 15.3. The van der Waals surface area contributed by atoms with E-state index in [1.165, 1.54) is 0 Å². The Morgan fingerprint density at radius 2 is 1.88 bits per heavy atom. The summed E-state index contributed by atoms with van der Waals surface area (Å²) in [6.07, 6.45) is -0.465. The molecule has 2 aromatic carbocycles. The van der Waals surface area contributed by atoms with Gasteiger partial charge in [-0.2, -0.15) is 0 Å². The maximum atomic E-state index is 12.4. The lowest BCUT2D eigenvalue weighted by atomic mass is 10.1. The van der Waals surface area contributed by atoms with Gasteiger partial charge in [-0.3, -0.25) is 5.32 Å². The van der Waals surface area contributed by atoms with Crippen molar-refractivity contribution < 1.29 is 14.1 Å². The van der Waals surface area contributed by atoms with Crippen LogP contribution in [-0.2, 0) is 11.2 Å². The van der Waals surface area contributed by atoms with Crippen LogP contribution in [0.25, 0.3) is 11.3 Å². The van der Waals surface area contributed by atoms with Gasteiger partial charge in [0.25, 0.3) is 0 Å². The van der Waals surface area contributed by atoms with E-state index in [-0.39, 0.29) is 0 Å². The van der Waals surface area contributed by atoms with Gasteiger partial charge in [0, 0.05) is 16.1 Å². The lowest BCUT2D eigenvalue weighted by Gasteiger charge is -2.15. The van der Waals surface area contributed by atoms with Gasteiger partial charge in [0.1, 0.15) is 17.5 Å². The molecule has 0 aliphatic heterocycles. The van der Waals surface area contributed by atoms with Crippen molar-refractivity contribution in [2.75, 3.05) is 5.32 Å². The summed E-state index contributed by atoms with van der Waals surface area (Å²) >= 11 is 6.16. The van der Waals surface area contributed by atoms with E-state index in [1.54, 1.807) is 13.0 Å². The molecule has 3 rings (SSSR count). The van der Waals surface area contributed by atoms with Crippen LogP contribution < -0.4 is 5.32 Å². The molecule has 1 atom stereocenters. The summed E-state index contributed by atoms with van der Waals surface area (Å²) in [6, 6.07) is 16.7. The van der Waals surface area contributed by atoms with E-state index in [4.69, 9.17) is 20.9 Å². The molecule has 1 heterocycles. The van der Waals surface area contributed by atoms with E-state index in [2.05, 4.69) is 10.5 Å². The SMILES string of the molecule is CCc1noc(-c2ccccc2)c1NC(=O)OC(C)c1ccccc1Cl. The Bertz CT molecular complexity index is 893. The van der Waals surface area contributed by atoms with E-state index >= 15 is 0 Å². The Morgan fingerprint density at radius 3 is 2.58 bits per heavy atom. The van der Waals surface area contributed by atoms with E-state index < -0.39 is 12.2 Å². The summed E-state index contributed by atoms with van der Waals surface area (Å²) in [6.45, 7) is 3.71. The van der Waals surface area contributed by atoms with Gasteiger partial charge in [-0.15, -0.1) is 0 Å². The molecule has 0 radical (unpaired) electrons. The zero-order chi connectivity index (χ0) is 18.5. The van der Waals surface area contributed by atoms with Crippen LogP contribution in [0, 0.1) is 0 Å². The highest BCUT2D eigenvalue weighted by molar-refractivity contribution is 6.31. The van der Waals surface area contributed by atoms with Crippen molar-refractivity contribution in [3.8, 4) is 11.3 Å². The van der Waals surface area contributed by atoms with Crippen LogP contribution in [0.3, 0.4) is 0 Å². The second-order valence-corrected chi connectivity index (χ2v) is 6.15. The van der Waals surface area contributed by atoms with Crippen LogP contribution in [0.1, 0.15) is 31.2 Å². The fourth-order valence-electron chi connectivity index (χ4n) is 2.64. The van der Waals surface area contributed by atoms with Gasteiger partial charge in [0.05, 0.1) is 0 Å². The van der Waals surface area contributed by atoms with Crippen molar-refractivity contribution in [1.82, 2.24) is 5.16 Å². The molecule has 0 fully saturated rings. The topological polar surface area (TPSA) is 64.4 Å². The van der Waals surface area contributed by atoms with Gasteiger partial charge in [-0.1, -0.05) is 72.2 Å². The Balaban J connectivity index is 1.79. The first-order valence-corrected chi connectivity index (χ1v) is 8.74. The standard InChI is InChI=1S/C20H19ClN2O3/c1-3-17-18(19(26-23-17)14-9-5-4-6-10-14)22-20(24)25-13(2)15-11-7-8-12-16(15)21/h4-13H,3H2,1-2H3,(H,22,24). The Kier molecular flexibility index (Phi) is 5.58. The monoisotopic (exact) mass is 370 g/mol. The number of aryl methyl sites for hydroxylation is 1. The normalized spacial score (nSPS) is 11.8. The van der Waals surface area contributed by atoms with Gasteiger partial charge in [-0.25, -0.2) is 4.79 Å². The molecule has 1 aromatic heterocycles. The van der Waals surface area contributed by atoms with Crippen molar-refractivity contribution in [2.45, 2.75) is 26.4 Å². The third-order valence-corrected chi connectivity index (χ3v) is 4.33. The van der Waals surface area contributed by atoms with Crippen molar-refractivity contribution in [1.29, 1.82) is 0 Å². The molecule has 1 N–H and O–H groups in total. The van der Waals surface area contributed by atoms with Gasteiger partial charge >= 0.3 is 6.09 Å². The number of nitrogens with one attached hydrogen (secondary N) is 1. The van der Waals surface area contributed by atoms with Crippen LogP contribution in [0.5, 0.6) is 0 Å². The first kappa shape index (κ1) is 18.0. The lowest BCUT2D eigenvalue weighted by molar-refractivity contribution is 0.121. The lowest BCUT2D eigenvalue weighted by Crippen LogP contribution is -2.17. The van der Waals surface area contributed by atoms with Gasteiger partial charge in [0.15, 0.2) is 5.76 Å². The summed E-state index contributed by atoms with van der Waals surface area (Å²) in [4.78, 5) is 12.4. The van der Waals surface area contributed by atoms with Crippen LogP contribution in [-0.4, -0.2) is 11.2 Å². The summed E-state index contributed by atoms with van der Waals surface area (Å²) in [5, 5.41) is 7.37. The summed E-state index contributed by atoms with van der Waals surface area (Å²) < 4.78 is 10.9. The zero-order valence-electron chi connectivity index (χ0n) is 14.5. The van der Waals surface area contributed by atoms with E-state index in [9.17, 15) is 4.79 Å². The van der Waals surface area contributed by atoms with Crippen LogP contribution in [0.4, 0.5) is 10.5 Å². The number of halogens is 1. The maximum absolute atomic E-state index is 12.4. The quantitative estimate of drug-likeness (QED) is 0.610. The van der Waals surface area contributed by atoms with Crippen LogP contribution in [0.15, 0.2) is 59.1 Å². The molecule has 0 saturated heterocycles. The van der Waals surface area contributed by atoms with Gasteiger partial charge in [0.2, 0.25) is 0 Å². The van der Waals surface area contributed by atoms with E-state index in [0.717, 1.165) is 11.1 Å². The molecule has 5 nitrogen and oxygen atoms in total. The summed E-state index contributed by atoms with van der Waals surface area (Å²) in [7, 11) is 0. The summed E-state index contributed by atoms with van der Waals surface area (Å²) in [5.74, 6) is 0.504. The number of nitrogens with zero attached hydrogens (tertiary/aromatic N) is 1. The number of benzene rings is 2. The number of hydrogen-bond donors (Lipinski definition) is 1. The Labute approximate surface area is 156 Å². The number of carbonyl (C=O) groups is 1. The number of amides is 1. The Hall–Kier alpha value is -2.79. The van der Waals surface area contributed by atoms with E-state index in [1.807, 2.05) is 55.5 Å². The fraction of sp³-hybridized carbons (Fsp3) is 0.200. The fourth-order valence-corrected chi connectivity index (χ4v) is 2.93. The number of hydrogen-bond acceptors (Lipinski definition) is 4. The minimum absolute atomic E-state index is 0.492. The largest absolute Gasteiger partial charge is 0.441 e. The predicted molar refractivity (Wildman–Crippen MR) is 101 cm³/mol. The number of carbonyl (C=O) groups excluding carboxylic acids is 1. The third-order valence-electron chi connectivity index (χ3n) is 3.99. The first-order chi connectivity index (χ1) is 12.6. The summed E-state index contributed by atoms with van der Waals surface area (Å²) in [5.41, 5.74) is 2.75. The Morgan fingerprint density at radius 1 is 1.19 bits per heavy atom.